The zero-order chi connectivity index (χ0) is 34.3. The molecular weight excluding hydrogens is 619 g/mol. The van der Waals surface area contributed by atoms with E-state index in [2.05, 4.69) is 126 Å². The number of anilines is 3. The molecule has 0 bridgehead atoms. The van der Waals surface area contributed by atoms with Crippen molar-refractivity contribution in [3.05, 3.63) is 187 Å². The van der Waals surface area contributed by atoms with Gasteiger partial charge in [-0.05, 0) is 121 Å². The molecule has 3 heteroatoms. The van der Waals surface area contributed by atoms with E-state index in [-0.39, 0.29) is 0 Å². The molecule has 0 radical (unpaired) electrons. The molecule has 51 heavy (non-hydrogen) atoms. The van der Waals surface area contributed by atoms with Gasteiger partial charge >= 0.3 is 0 Å². The standard InChI is InChI=1S/C48H29N3/c49-30-33-12-4-6-18-40(33)35-26-36(41-19-7-5-13-34(41)31-50)29-39(28-35)51(37-15-2-1-3-16-37)38-17-10-14-32(27-38)42-24-25-47-44-21-9-8-20-43(44)46-23-11-22-45(42)48(46)47/h1-29H. The Labute approximate surface area is 297 Å². The fourth-order valence-corrected chi connectivity index (χ4v) is 7.61. The number of hydrogen-bond donors (Lipinski definition) is 0. The summed E-state index contributed by atoms with van der Waals surface area (Å²) in [5.41, 5.74) is 15.0. The molecule has 0 heterocycles. The lowest BCUT2D eigenvalue weighted by Crippen LogP contribution is -2.10. The molecule has 0 aliphatic heterocycles. The minimum absolute atomic E-state index is 0.594. The van der Waals surface area contributed by atoms with Crippen LogP contribution in [0, 0.1) is 22.7 Å². The molecule has 0 saturated carbocycles. The number of nitrogens with zero attached hydrogens (tertiary/aromatic N) is 3. The van der Waals surface area contributed by atoms with Gasteiger partial charge < -0.3 is 4.90 Å². The minimum Gasteiger partial charge on any atom is -0.310 e. The molecule has 8 aromatic carbocycles. The molecule has 236 valence electrons. The van der Waals surface area contributed by atoms with Gasteiger partial charge in [-0.3, -0.25) is 0 Å². The van der Waals surface area contributed by atoms with Crippen LogP contribution in [-0.2, 0) is 0 Å². The molecular formula is C48H29N3. The number of fused-ring (bicyclic) bond motifs is 3. The second-order valence-electron chi connectivity index (χ2n) is 12.7. The zero-order valence-electron chi connectivity index (χ0n) is 27.6. The Morgan fingerprint density at radius 2 is 0.824 bits per heavy atom. The Bertz CT molecular complexity index is 2620. The van der Waals surface area contributed by atoms with Crippen LogP contribution >= 0.6 is 0 Å². The third-order valence-corrected chi connectivity index (χ3v) is 9.87. The van der Waals surface area contributed by atoms with E-state index in [9.17, 15) is 10.5 Å². The third-order valence-electron chi connectivity index (χ3n) is 9.87. The average molecular weight is 648 g/mol. The summed E-state index contributed by atoms with van der Waals surface area (Å²) in [5.74, 6) is 0. The maximum absolute atomic E-state index is 10.1. The van der Waals surface area contributed by atoms with Crippen molar-refractivity contribution in [1.29, 1.82) is 10.5 Å². The molecule has 3 nitrogen and oxygen atoms in total. The van der Waals surface area contributed by atoms with Crippen molar-refractivity contribution >= 4 is 27.8 Å². The van der Waals surface area contributed by atoms with Gasteiger partial charge in [0.15, 0.2) is 0 Å². The van der Waals surface area contributed by atoms with Crippen molar-refractivity contribution in [2.45, 2.75) is 0 Å². The summed E-state index contributed by atoms with van der Waals surface area (Å²) in [6.45, 7) is 0. The SMILES string of the molecule is N#Cc1ccccc1-c1cc(-c2ccccc2C#N)cc(N(c2ccccc2)c2cccc(-c3ccc4c5c(cccc35)-c3ccccc3-4)c2)c1. The van der Waals surface area contributed by atoms with Crippen LogP contribution in [0.15, 0.2) is 176 Å². The van der Waals surface area contributed by atoms with Crippen LogP contribution in [0.1, 0.15) is 11.1 Å². The second kappa shape index (κ2) is 12.4. The Hall–Kier alpha value is -7.20. The van der Waals surface area contributed by atoms with Crippen molar-refractivity contribution in [2.24, 2.45) is 0 Å². The van der Waals surface area contributed by atoms with Gasteiger partial charge in [0.2, 0.25) is 0 Å². The van der Waals surface area contributed by atoms with E-state index in [1.165, 1.54) is 38.6 Å². The molecule has 8 aromatic rings. The molecule has 9 rings (SSSR count). The number of benzene rings is 8. The second-order valence-corrected chi connectivity index (χ2v) is 12.7. The molecule has 0 amide bonds. The summed E-state index contributed by atoms with van der Waals surface area (Å²) in [5, 5.41) is 22.7. The van der Waals surface area contributed by atoms with Crippen LogP contribution in [-0.4, -0.2) is 0 Å². The Morgan fingerprint density at radius 3 is 1.47 bits per heavy atom. The van der Waals surface area contributed by atoms with Gasteiger partial charge in [0.1, 0.15) is 0 Å². The van der Waals surface area contributed by atoms with Crippen LogP contribution < -0.4 is 4.90 Å². The van der Waals surface area contributed by atoms with Gasteiger partial charge in [-0.1, -0.05) is 121 Å². The Kier molecular flexibility index (Phi) is 7.24. The molecule has 1 aliphatic carbocycles. The number of para-hydroxylation sites is 1. The maximum atomic E-state index is 10.1. The highest BCUT2D eigenvalue weighted by Gasteiger charge is 2.23. The lowest BCUT2D eigenvalue weighted by molar-refractivity contribution is 1.28. The fraction of sp³-hybridized carbons (Fsp3) is 0. The summed E-state index contributed by atoms with van der Waals surface area (Å²) in [6, 6.07) is 65.4. The van der Waals surface area contributed by atoms with E-state index in [1.807, 2.05) is 66.7 Å². The average Bonchev–Trinajstić information content (AvgIpc) is 3.53. The van der Waals surface area contributed by atoms with Gasteiger partial charge in [0.05, 0.1) is 23.3 Å². The van der Waals surface area contributed by atoms with Crippen LogP contribution in [0.5, 0.6) is 0 Å². The molecule has 1 aliphatic rings. The lowest BCUT2D eigenvalue weighted by Gasteiger charge is -2.27. The van der Waals surface area contributed by atoms with E-state index in [1.54, 1.807) is 0 Å². The zero-order valence-corrected chi connectivity index (χ0v) is 27.6. The summed E-state index contributed by atoms with van der Waals surface area (Å²) in [4.78, 5) is 2.26. The normalized spacial score (nSPS) is 11.1. The first-order chi connectivity index (χ1) is 25.2. The first-order valence-electron chi connectivity index (χ1n) is 17.0. The topological polar surface area (TPSA) is 50.8 Å². The van der Waals surface area contributed by atoms with Crippen LogP contribution in [0.25, 0.3) is 66.4 Å². The number of rotatable bonds is 6. The highest BCUT2D eigenvalue weighted by molar-refractivity contribution is 6.18. The number of nitriles is 2. The highest BCUT2D eigenvalue weighted by Crippen LogP contribution is 2.50. The molecule has 0 saturated heterocycles. The third kappa shape index (κ3) is 5.05. The first-order valence-corrected chi connectivity index (χ1v) is 17.0. The largest absolute Gasteiger partial charge is 0.310 e. The van der Waals surface area contributed by atoms with Crippen molar-refractivity contribution in [3.8, 4) is 67.8 Å². The summed E-state index contributed by atoms with van der Waals surface area (Å²) < 4.78 is 0. The monoisotopic (exact) mass is 647 g/mol. The van der Waals surface area contributed by atoms with Crippen molar-refractivity contribution in [3.63, 3.8) is 0 Å². The van der Waals surface area contributed by atoms with Gasteiger partial charge in [-0.25, -0.2) is 0 Å². The van der Waals surface area contributed by atoms with Crippen LogP contribution in [0.2, 0.25) is 0 Å². The summed E-state index contributed by atoms with van der Waals surface area (Å²) >= 11 is 0. The van der Waals surface area contributed by atoms with Crippen molar-refractivity contribution in [2.75, 3.05) is 4.90 Å². The summed E-state index contributed by atoms with van der Waals surface area (Å²) in [6.07, 6.45) is 0. The van der Waals surface area contributed by atoms with Crippen molar-refractivity contribution < 1.29 is 0 Å². The quantitative estimate of drug-likeness (QED) is 0.180. The Balaban J connectivity index is 1.26. The molecule has 0 aromatic heterocycles. The Morgan fingerprint density at radius 1 is 0.333 bits per heavy atom. The van der Waals surface area contributed by atoms with E-state index in [4.69, 9.17) is 0 Å². The maximum Gasteiger partial charge on any atom is 0.0998 e. The van der Waals surface area contributed by atoms with E-state index >= 15 is 0 Å². The van der Waals surface area contributed by atoms with Gasteiger partial charge in [0.25, 0.3) is 0 Å². The smallest absolute Gasteiger partial charge is 0.0998 e. The predicted octanol–water partition coefficient (Wildman–Crippen LogP) is 12.7. The predicted molar refractivity (Wildman–Crippen MR) is 209 cm³/mol. The molecule has 0 N–H and O–H groups in total. The van der Waals surface area contributed by atoms with E-state index in [0.717, 1.165) is 44.9 Å². The summed E-state index contributed by atoms with van der Waals surface area (Å²) in [7, 11) is 0. The minimum atomic E-state index is 0.594. The van der Waals surface area contributed by atoms with E-state index < -0.39 is 0 Å². The van der Waals surface area contributed by atoms with Crippen LogP contribution in [0.3, 0.4) is 0 Å². The lowest BCUT2D eigenvalue weighted by atomic mass is 9.92. The van der Waals surface area contributed by atoms with Gasteiger partial charge in [-0.2, -0.15) is 10.5 Å². The number of hydrogen-bond acceptors (Lipinski definition) is 3. The van der Waals surface area contributed by atoms with Gasteiger partial charge in [0, 0.05) is 17.1 Å². The van der Waals surface area contributed by atoms with Crippen molar-refractivity contribution in [1.82, 2.24) is 0 Å². The van der Waals surface area contributed by atoms with Gasteiger partial charge in [-0.15, -0.1) is 0 Å². The van der Waals surface area contributed by atoms with E-state index in [0.29, 0.717) is 11.1 Å². The first kappa shape index (κ1) is 29.9. The highest BCUT2D eigenvalue weighted by atomic mass is 15.1. The fourth-order valence-electron chi connectivity index (χ4n) is 7.61. The molecule has 0 fully saturated rings. The van der Waals surface area contributed by atoms with Crippen LogP contribution in [0.4, 0.5) is 17.1 Å². The molecule has 0 unspecified atom stereocenters. The molecule has 0 spiro atoms. The molecule has 0 atom stereocenters.